The number of hydrogen-bond donors (Lipinski definition) is 2. The summed E-state index contributed by atoms with van der Waals surface area (Å²) in [5.41, 5.74) is 6.34. The summed E-state index contributed by atoms with van der Waals surface area (Å²) in [6.07, 6.45) is -0.175. The van der Waals surface area contributed by atoms with Gasteiger partial charge >= 0.3 is 5.97 Å². The number of rotatable bonds is 5. The molecule has 0 bridgehead atoms. The molecule has 0 aliphatic carbocycles. The molecular formula is C11H14ClNO4. The number of ether oxygens (including phenoxy) is 2. The van der Waals surface area contributed by atoms with Gasteiger partial charge in [0.05, 0.1) is 25.7 Å². The molecule has 1 aromatic carbocycles. The fourth-order valence-corrected chi connectivity index (χ4v) is 1.75. The lowest BCUT2D eigenvalue weighted by Crippen LogP contribution is -2.15. The third-order valence-electron chi connectivity index (χ3n) is 2.28. The van der Waals surface area contributed by atoms with E-state index in [0.717, 1.165) is 0 Å². The zero-order valence-corrected chi connectivity index (χ0v) is 10.3. The third kappa shape index (κ3) is 3.25. The van der Waals surface area contributed by atoms with Crippen molar-refractivity contribution in [1.29, 1.82) is 0 Å². The summed E-state index contributed by atoms with van der Waals surface area (Å²) in [4.78, 5) is 10.6. The Morgan fingerprint density at radius 1 is 1.47 bits per heavy atom. The molecule has 1 unspecified atom stereocenters. The van der Waals surface area contributed by atoms with Gasteiger partial charge in [0, 0.05) is 6.04 Å². The standard InChI is InChI=1S/C11H14ClNO4/c1-16-9-4-6(8(13)5-10(14)15)3-7(12)11(9)17-2/h3-4,8H,5,13H2,1-2H3,(H,14,15). The van der Waals surface area contributed by atoms with Crippen LogP contribution in [0.4, 0.5) is 0 Å². The van der Waals surface area contributed by atoms with Crippen molar-refractivity contribution >= 4 is 17.6 Å². The van der Waals surface area contributed by atoms with Crippen LogP contribution in [0.15, 0.2) is 12.1 Å². The van der Waals surface area contributed by atoms with Crippen LogP contribution in [0.3, 0.4) is 0 Å². The van der Waals surface area contributed by atoms with E-state index in [4.69, 9.17) is 31.9 Å². The zero-order chi connectivity index (χ0) is 13.0. The lowest BCUT2D eigenvalue weighted by Gasteiger charge is -2.15. The van der Waals surface area contributed by atoms with Crippen molar-refractivity contribution in [3.8, 4) is 11.5 Å². The molecule has 0 heterocycles. The van der Waals surface area contributed by atoms with Crippen LogP contribution in [0.1, 0.15) is 18.0 Å². The van der Waals surface area contributed by atoms with Gasteiger partial charge in [0.2, 0.25) is 0 Å². The van der Waals surface area contributed by atoms with E-state index >= 15 is 0 Å². The van der Waals surface area contributed by atoms with Gasteiger partial charge in [-0.2, -0.15) is 0 Å². The molecule has 5 nitrogen and oxygen atoms in total. The number of nitrogens with two attached hydrogens (primary N) is 1. The molecule has 6 heteroatoms. The predicted octanol–water partition coefficient (Wildman–Crippen LogP) is 1.83. The van der Waals surface area contributed by atoms with Crippen LogP contribution in [0.2, 0.25) is 5.02 Å². The highest BCUT2D eigenvalue weighted by atomic mass is 35.5. The van der Waals surface area contributed by atoms with Gasteiger partial charge in [-0.1, -0.05) is 11.6 Å². The van der Waals surface area contributed by atoms with Crippen LogP contribution in [0, 0.1) is 0 Å². The van der Waals surface area contributed by atoms with E-state index in [2.05, 4.69) is 0 Å². The maximum Gasteiger partial charge on any atom is 0.305 e. The van der Waals surface area contributed by atoms with E-state index in [-0.39, 0.29) is 6.42 Å². The first-order valence-corrected chi connectivity index (χ1v) is 5.26. The molecule has 0 aliphatic rings. The second kappa shape index (κ2) is 5.75. The van der Waals surface area contributed by atoms with Crippen molar-refractivity contribution in [2.24, 2.45) is 5.73 Å². The number of carbonyl (C=O) groups is 1. The minimum absolute atomic E-state index is 0.175. The fraction of sp³-hybridized carbons (Fsp3) is 0.364. The molecule has 0 spiro atoms. The number of aliphatic carboxylic acids is 1. The molecule has 0 aliphatic heterocycles. The topological polar surface area (TPSA) is 81.8 Å². The van der Waals surface area contributed by atoms with Gasteiger partial charge in [0.25, 0.3) is 0 Å². The van der Waals surface area contributed by atoms with Gasteiger partial charge in [0.15, 0.2) is 11.5 Å². The maximum atomic E-state index is 10.6. The molecule has 0 fully saturated rings. The first-order chi connectivity index (χ1) is 7.99. The van der Waals surface area contributed by atoms with Crippen molar-refractivity contribution in [3.63, 3.8) is 0 Å². The van der Waals surface area contributed by atoms with Crippen LogP contribution in [0.25, 0.3) is 0 Å². The average Bonchev–Trinajstić information content (AvgIpc) is 2.26. The fourth-order valence-electron chi connectivity index (χ4n) is 1.46. The molecule has 0 aromatic heterocycles. The van der Waals surface area contributed by atoms with Crippen LogP contribution < -0.4 is 15.2 Å². The minimum Gasteiger partial charge on any atom is -0.493 e. The third-order valence-corrected chi connectivity index (χ3v) is 2.56. The molecule has 17 heavy (non-hydrogen) atoms. The summed E-state index contributed by atoms with van der Waals surface area (Å²) in [6.45, 7) is 0. The largest absolute Gasteiger partial charge is 0.493 e. The Morgan fingerprint density at radius 2 is 2.12 bits per heavy atom. The summed E-state index contributed by atoms with van der Waals surface area (Å²) in [5, 5.41) is 9.01. The number of hydrogen-bond acceptors (Lipinski definition) is 4. The Morgan fingerprint density at radius 3 is 2.59 bits per heavy atom. The van der Waals surface area contributed by atoms with E-state index < -0.39 is 12.0 Å². The molecule has 0 saturated heterocycles. The van der Waals surface area contributed by atoms with Crippen molar-refractivity contribution in [2.45, 2.75) is 12.5 Å². The van der Waals surface area contributed by atoms with Crippen molar-refractivity contribution in [1.82, 2.24) is 0 Å². The summed E-state index contributed by atoms with van der Waals surface area (Å²) in [6, 6.07) is 2.57. The number of halogens is 1. The van der Waals surface area contributed by atoms with E-state index in [1.54, 1.807) is 12.1 Å². The van der Waals surface area contributed by atoms with Gasteiger partial charge in [-0.3, -0.25) is 4.79 Å². The highest BCUT2D eigenvalue weighted by Crippen LogP contribution is 2.37. The van der Waals surface area contributed by atoms with E-state index in [1.165, 1.54) is 14.2 Å². The molecule has 1 atom stereocenters. The quantitative estimate of drug-likeness (QED) is 0.843. The Hall–Kier alpha value is -1.46. The second-order valence-corrected chi connectivity index (χ2v) is 3.85. The van der Waals surface area contributed by atoms with Gasteiger partial charge in [0.1, 0.15) is 0 Å². The molecule has 1 rings (SSSR count). The van der Waals surface area contributed by atoms with Crippen LogP contribution in [0.5, 0.6) is 11.5 Å². The van der Waals surface area contributed by atoms with Gasteiger partial charge in [-0.25, -0.2) is 0 Å². The lowest BCUT2D eigenvalue weighted by molar-refractivity contribution is -0.137. The predicted molar refractivity (Wildman–Crippen MR) is 63.7 cm³/mol. The van der Waals surface area contributed by atoms with Crippen LogP contribution in [-0.2, 0) is 4.79 Å². The molecule has 94 valence electrons. The van der Waals surface area contributed by atoms with Crippen LogP contribution >= 0.6 is 11.6 Å². The van der Waals surface area contributed by atoms with E-state index in [1.807, 2.05) is 0 Å². The number of carboxylic acids is 1. The highest BCUT2D eigenvalue weighted by Gasteiger charge is 2.16. The Bertz CT molecular complexity index is 422. The Labute approximate surface area is 104 Å². The van der Waals surface area contributed by atoms with Crippen molar-refractivity contribution in [2.75, 3.05) is 14.2 Å². The molecule has 3 N–H and O–H groups in total. The zero-order valence-electron chi connectivity index (χ0n) is 9.57. The Kier molecular flexibility index (Phi) is 4.60. The first kappa shape index (κ1) is 13.6. The monoisotopic (exact) mass is 259 g/mol. The molecule has 0 saturated carbocycles. The molecule has 0 radical (unpaired) electrons. The second-order valence-electron chi connectivity index (χ2n) is 3.44. The number of methoxy groups -OCH3 is 2. The number of benzene rings is 1. The maximum absolute atomic E-state index is 10.6. The first-order valence-electron chi connectivity index (χ1n) is 4.88. The average molecular weight is 260 g/mol. The lowest BCUT2D eigenvalue weighted by atomic mass is 10.0. The minimum atomic E-state index is -0.969. The summed E-state index contributed by atoms with van der Waals surface area (Å²) in [7, 11) is 2.95. The molecular weight excluding hydrogens is 246 g/mol. The SMILES string of the molecule is COc1cc(C(N)CC(=O)O)cc(Cl)c1OC. The summed E-state index contributed by atoms with van der Waals surface area (Å²) in [5.74, 6) is -0.139. The molecule has 1 aromatic rings. The van der Waals surface area contributed by atoms with Crippen molar-refractivity contribution in [3.05, 3.63) is 22.7 Å². The highest BCUT2D eigenvalue weighted by molar-refractivity contribution is 6.32. The van der Waals surface area contributed by atoms with Gasteiger partial charge < -0.3 is 20.3 Å². The van der Waals surface area contributed by atoms with E-state index in [0.29, 0.717) is 22.1 Å². The normalized spacial score (nSPS) is 12.0. The number of carboxylic acid groups (broad SMARTS) is 1. The molecule has 0 amide bonds. The van der Waals surface area contributed by atoms with Crippen LogP contribution in [-0.4, -0.2) is 25.3 Å². The summed E-state index contributed by atoms with van der Waals surface area (Å²) < 4.78 is 10.2. The summed E-state index contributed by atoms with van der Waals surface area (Å²) >= 11 is 5.99. The van der Waals surface area contributed by atoms with Gasteiger partial charge in [-0.05, 0) is 17.7 Å². The Balaban J connectivity index is 3.10. The van der Waals surface area contributed by atoms with Crippen molar-refractivity contribution < 1.29 is 19.4 Å². The van der Waals surface area contributed by atoms with Gasteiger partial charge in [-0.15, -0.1) is 0 Å². The smallest absolute Gasteiger partial charge is 0.305 e. The van der Waals surface area contributed by atoms with E-state index in [9.17, 15) is 4.79 Å².